The van der Waals surface area contributed by atoms with Crippen LogP contribution in [0.2, 0.25) is 0 Å². The van der Waals surface area contributed by atoms with Gasteiger partial charge in [0.05, 0.1) is 0 Å². The fourth-order valence-electron chi connectivity index (χ4n) is 3.56. The van der Waals surface area contributed by atoms with Gasteiger partial charge < -0.3 is 0 Å². The van der Waals surface area contributed by atoms with Crippen LogP contribution in [0, 0.1) is 11.3 Å². The lowest BCUT2D eigenvalue weighted by atomic mass is 9.81. The van der Waals surface area contributed by atoms with E-state index in [1.165, 1.54) is 9.80 Å². The Hall–Kier alpha value is -1.72. The summed E-state index contributed by atoms with van der Waals surface area (Å²) in [6.07, 6.45) is 2.90. The third-order valence-corrected chi connectivity index (χ3v) is 4.64. The van der Waals surface area contributed by atoms with Gasteiger partial charge in [-0.05, 0) is 24.2 Å². The van der Waals surface area contributed by atoms with E-state index in [4.69, 9.17) is 0 Å². The first kappa shape index (κ1) is 17.6. The van der Waals surface area contributed by atoms with E-state index in [2.05, 4.69) is 20.8 Å². The molecule has 0 aromatic rings. The number of imide groups is 2. The summed E-state index contributed by atoms with van der Waals surface area (Å²) in [5.74, 6) is -0.00331. The molecule has 2 saturated heterocycles. The highest BCUT2D eigenvalue weighted by molar-refractivity contribution is 6.02. The second-order valence-corrected chi connectivity index (χ2v) is 7.57. The minimum atomic E-state index is -0.173. The van der Waals surface area contributed by atoms with Crippen LogP contribution in [0.15, 0.2) is 0 Å². The Labute approximate surface area is 137 Å². The smallest absolute Gasteiger partial charge is 0.229 e. The summed E-state index contributed by atoms with van der Waals surface area (Å²) in [5.41, 5.74) is -0.173. The van der Waals surface area contributed by atoms with Gasteiger partial charge in [-0.1, -0.05) is 20.8 Å². The van der Waals surface area contributed by atoms with E-state index < -0.39 is 0 Å². The predicted octanol–water partition coefficient (Wildman–Crippen LogP) is 1.73. The third-order valence-electron chi connectivity index (χ3n) is 4.64. The predicted molar refractivity (Wildman–Crippen MR) is 84.1 cm³/mol. The molecule has 0 saturated carbocycles. The van der Waals surface area contributed by atoms with Gasteiger partial charge in [-0.15, -0.1) is 0 Å². The van der Waals surface area contributed by atoms with Crippen LogP contribution in [0.1, 0.15) is 59.3 Å². The number of likely N-dealkylation sites (tertiary alicyclic amines) is 2. The number of nitrogens with zero attached hydrogens (tertiary/aromatic N) is 2. The van der Waals surface area contributed by atoms with Crippen molar-refractivity contribution in [3.63, 3.8) is 0 Å². The quantitative estimate of drug-likeness (QED) is 0.669. The maximum atomic E-state index is 11.7. The molecule has 128 valence electrons. The molecule has 1 unspecified atom stereocenters. The lowest BCUT2D eigenvalue weighted by Crippen LogP contribution is -2.39. The minimum absolute atomic E-state index is 0.0743. The molecule has 0 aromatic carbocycles. The SMILES string of the molecule is CC(CCN1C(=O)CCC1=O)CC(C)(C)CN1C(=O)CCC1=O. The van der Waals surface area contributed by atoms with Crippen molar-refractivity contribution in [1.29, 1.82) is 0 Å². The zero-order valence-corrected chi connectivity index (χ0v) is 14.3. The molecule has 0 radical (unpaired) electrons. The summed E-state index contributed by atoms with van der Waals surface area (Å²) < 4.78 is 0. The molecule has 6 heteroatoms. The monoisotopic (exact) mass is 322 g/mol. The molecule has 23 heavy (non-hydrogen) atoms. The Kier molecular flexibility index (Phi) is 5.22. The van der Waals surface area contributed by atoms with Crippen LogP contribution in [0.4, 0.5) is 0 Å². The zero-order valence-electron chi connectivity index (χ0n) is 14.3. The van der Waals surface area contributed by atoms with E-state index in [1.807, 2.05) is 0 Å². The number of amides is 4. The maximum Gasteiger partial charge on any atom is 0.229 e. The number of hydrogen-bond acceptors (Lipinski definition) is 4. The summed E-state index contributed by atoms with van der Waals surface area (Å²) >= 11 is 0. The summed E-state index contributed by atoms with van der Waals surface area (Å²) in [7, 11) is 0. The Morgan fingerprint density at radius 2 is 1.30 bits per heavy atom. The van der Waals surface area contributed by atoms with Crippen molar-refractivity contribution in [2.45, 2.75) is 59.3 Å². The average molecular weight is 322 g/mol. The van der Waals surface area contributed by atoms with Crippen LogP contribution < -0.4 is 0 Å². The molecule has 2 aliphatic heterocycles. The van der Waals surface area contributed by atoms with Crippen LogP contribution in [0.3, 0.4) is 0 Å². The highest BCUT2D eigenvalue weighted by Crippen LogP contribution is 2.30. The summed E-state index contributed by atoms with van der Waals surface area (Å²) in [4.78, 5) is 49.4. The highest BCUT2D eigenvalue weighted by atomic mass is 16.2. The zero-order chi connectivity index (χ0) is 17.2. The van der Waals surface area contributed by atoms with Gasteiger partial charge >= 0.3 is 0 Å². The molecule has 0 N–H and O–H groups in total. The van der Waals surface area contributed by atoms with Crippen molar-refractivity contribution < 1.29 is 19.2 Å². The fourth-order valence-corrected chi connectivity index (χ4v) is 3.56. The summed E-state index contributed by atoms with van der Waals surface area (Å²) in [6, 6.07) is 0. The molecule has 0 aliphatic carbocycles. The van der Waals surface area contributed by atoms with Crippen LogP contribution in [-0.2, 0) is 19.2 Å². The van der Waals surface area contributed by atoms with Gasteiger partial charge in [0, 0.05) is 38.8 Å². The van der Waals surface area contributed by atoms with Crippen LogP contribution in [0.5, 0.6) is 0 Å². The van der Waals surface area contributed by atoms with Crippen molar-refractivity contribution in [3.05, 3.63) is 0 Å². The fraction of sp³-hybridized carbons (Fsp3) is 0.765. The van der Waals surface area contributed by atoms with Crippen LogP contribution in [-0.4, -0.2) is 46.5 Å². The molecule has 2 fully saturated rings. The number of carbonyl (C=O) groups is 4. The van der Waals surface area contributed by atoms with E-state index in [-0.39, 0.29) is 29.0 Å². The first-order valence-corrected chi connectivity index (χ1v) is 8.36. The van der Waals surface area contributed by atoms with E-state index in [1.54, 1.807) is 0 Å². The van der Waals surface area contributed by atoms with Crippen molar-refractivity contribution in [2.24, 2.45) is 11.3 Å². The van der Waals surface area contributed by atoms with Gasteiger partial charge in [0.1, 0.15) is 0 Å². The van der Waals surface area contributed by atoms with Gasteiger partial charge in [-0.2, -0.15) is 0 Å². The first-order chi connectivity index (χ1) is 10.7. The van der Waals surface area contributed by atoms with Crippen LogP contribution in [0.25, 0.3) is 0 Å². The van der Waals surface area contributed by atoms with Gasteiger partial charge in [-0.3, -0.25) is 29.0 Å². The summed E-state index contributed by atoms with van der Waals surface area (Å²) in [5, 5.41) is 0. The van der Waals surface area contributed by atoms with Gasteiger partial charge in [0.15, 0.2) is 0 Å². The van der Waals surface area contributed by atoms with Crippen molar-refractivity contribution in [1.82, 2.24) is 9.80 Å². The largest absolute Gasteiger partial charge is 0.283 e. The molecule has 0 spiro atoms. The molecule has 2 heterocycles. The number of carbonyl (C=O) groups excluding carboxylic acids is 4. The van der Waals surface area contributed by atoms with Gasteiger partial charge in [0.25, 0.3) is 0 Å². The van der Waals surface area contributed by atoms with Crippen molar-refractivity contribution in [2.75, 3.05) is 13.1 Å². The molecule has 4 amide bonds. The van der Waals surface area contributed by atoms with E-state index in [0.29, 0.717) is 44.7 Å². The summed E-state index contributed by atoms with van der Waals surface area (Å²) in [6.45, 7) is 7.09. The van der Waals surface area contributed by atoms with E-state index in [9.17, 15) is 19.2 Å². The second-order valence-electron chi connectivity index (χ2n) is 7.57. The Morgan fingerprint density at radius 1 is 0.870 bits per heavy atom. The molecular weight excluding hydrogens is 296 g/mol. The Morgan fingerprint density at radius 3 is 1.78 bits per heavy atom. The second kappa shape index (κ2) is 6.81. The number of rotatable bonds is 7. The van der Waals surface area contributed by atoms with Gasteiger partial charge in [0.2, 0.25) is 23.6 Å². The molecule has 0 aromatic heterocycles. The normalized spacial score (nSPS) is 20.8. The highest BCUT2D eigenvalue weighted by Gasteiger charge is 2.35. The van der Waals surface area contributed by atoms with Crippen LogP contribution >= 0.6 is 0 Å². The van der Waals surface area contributed by atoms with Crippen molar-refractivity contribution >= 4 is 23.6 Å². The Bertz CT molecular complexity index is 495. The molecule has 0 bridgehead atoms. The molecule has 6 nitrogen and oxygen atoms in total. The third kappa shape index (κ3) is 4.39. The van der Waals surface area contributed by atoms with Gasteiger partial charge in [-0.25, -0.2) is 0 Å². The molecule has 2 rings (SSSR count). The lowest BCUT2D eigenvalue weighted by Gasteiger charge is -2.32. The molecular formula is C17H26N2O4. The topological polar surface area (TPSA) is 74.8 Å². The Balaban J connectivity index is 1.82. The standard InChI is InChI=1S/C17H26N2O4/c1-12(8-9-18-13(20)4-5-14(18)21)10-17(2,3)11-19-15(22)6-7-16(19)23/h12H,4-11H2,1-3H3. The minimum Gasteiger partial charge on any atom is -0.283 e. The maximum absolute atomic E-state index is 11.7. The molecule has 1 atom stereocenters. The van der Waals surface area contributed by atoms with E-state index >= 15 is 0 Å². The number of hydrogen-bond donors (Lipinski definition) is 0. The van der Waals surface area contributed by atoms with Crippen molar-refractivity contribution in [3.8, 4) is 0 Å². The molecule has 2 aliphatic rings. The van der Waals surface area contributed by atoms with E-state index in [0.717, 1.165) is 12.8 Å². The first-order valence-electron chi connectivity index (χ1n) is 8.36. The lowest BCUT2D eigenvalue weighted by molar-refractivity contribution is -0.141. The average Bonchev–Trinajstić information content (AvgIpc) is 2.93.